The summed E-state index contributed by atoms with van der Waals surface area (Å²) in [5.74, 6) is -1.73. The Morgan fingerprint density at radius 3 is 2.45 bits per heavy atom. The molecule has 6 nitrogen and oxygen atoms in total. The van der Waals surface area contributed by atoms with Crippen LogP contribution in [0.4, 0.5) is 4.39 Å². The molecule has 0 bridgehead atoms. The van der Waals surface area contributed by atoms with Crippen molar-refractivity contribution >= 4 is 28.5 Å². The van der Waals surface area contributed by atoms with Crippen molar-refractivity contribution in [3.05, 3.63) is 74.3 Å². The Labute approximate surface area is 196 Å². The van der Waals surface area contributed by atoms with Gasteiger partial charge < -0.3 is 19.5 Å². The summed E-state index contributed by atoms with van der Waals surface area (Å²) in [7, 11) is 0. The molecule has 0 aliphatic carbocycles. The summed E-state index contributed by atoms with van der Waals surface area (Å²) in [6.07, 6.45) is -0.322. The van der Waals surface area contributed by atoms with E-state index in [4.69, 9.17) is 16.3 Å². The highest BCUT2D eigenvalue weighted by molar-refractivity contribution is 6.30. The van der Waals surface area contributed by atoms with Crippen molar-refractivity contribution in [2.45, 2.75) is 46.3 Å². The van der Waals surface area contributed by atoms with Crippen LogP contribution in [0.15, 0.2) is 41.2 Å². The maximum absolute atomic E-state index is 14.8. The highest BCUT2D eigenvalue weighted by Gasteiger charge is 2.28. The van der Waals surface area contributed by atoms with Gasteiger partial charge in [0.2, 0.25) is 5.43 Å². The normalized spacial score (nSPS) is 12.5. The minimum atomic E-state index is -1.42. The molecule has 176 valence electrons. The number of ether oxygens (including phenoxy) is 1. The van der Waals surface area contributed by atoms with Gasteiger partial charge in [0.15, 0.2) is 0 Å². The molecule has 2 aromatic carbocycles. The molecule has 1 aromatic heterocycles. The number of carbonyl (C=O) groups is 1. The van der Waals surface area contributed by atoms with E-state index in [-0.39, 0.29) is 46.7 Å². The molecule has 1 atom stereocenters. The van der Waals surface area contributed by atoms with Crippen LogP contribution in [0.5, 0.6) is 5.75 Å². The van der Waals surface area contributed by atoms with Gasteiger partial charge in [0, 0.05) is 23.6 Å². The Morgan fingerprint density at radius 2 is 1.88 bits per heavy atom. The standard InChI is InChI=1S/C25H27ClFNO5/c1-13(2)21(12-29)28-19-11-16(33-14(3)4)8-9-17(19)24(30)22(25(31)32)20(28)10-15-6-5-7-18(26)23(15)27/h5-9,11,13-14,21,29H,10,12H2,1-4H3,(H,31,32). The number of pyridine rings is 1. The minimum Gasteiger partial charge on any atom is -0.491 e. The number of benzene rings is 2. The largest absolute Gasteiger partial charge is 0.491 e. The molecule has 3 rings (SSSR count). The molecule has 0 radical (unpaired) electrons. The van der Waals surface area contributed by atoms with Crippen LogP contribution in [0.25, 0.3) is 10.9 Å². The summed E-state index contributed by atoms with van der Waals surface area (Å²) in [4.78, 5) is 25.5. The summed E-state index contributed by atoms with van der Waals surface area (Å²) < 4.78 is 22.2. The van der Waals surface area contributed by atoms with Gasteiger partial charge in [-0.05, 0) is 43.5 Å². The molecule has 2 N–H and O–H groups in total. The fourth-order valence-corrected chi connectivity index (χ4v) is 4.20. The number of carboxylic acids is 1. The topological polar surface area (TPSA) is 88.8 Å². The number of aromatic nitrogens is 1. The zero-order valence-electron chi connectivity index (χ0n) is 18.9. The van der Waals surface area contributed by atoms with Gasteiger partial charge in [-0.3, -0.25) is 4.79 Å². The number of aromatic carboxylic acids is 1. The summed E-state index contributed by atoms with van der Waals surface area (Å²) >= 11 is 5.94. The molecule has 0 fully saturated rings. The van der Waals surface area contributed by atoms with Crippen LogP contribution in [0, 0.1) is 11.7 Å². The van der Waals surface area contributed by atoms with E-state index in [1.165, 1.54) is 18.2 Å². The fraction of sp³-hybridized carbons (Fsp3) is 0.360. The number of fused-ring (bicyclic) bond motifs is 1. The van der Waals surface area contributed by atoms with Crippen molar-refractivity contribution in [3.8, 4) is 5.75 Å². The predicted molar refractivity (Wildman–Crippen MR) is 126 cm³/mol. The molecule has 0 saturated heterocycles. The number of hydrogen-bond donors (Lipinski definition) is 2. The van der Waals surface area contributed by atoms with E-state index >= 15 is 0 Å². The molecule has 8 heteroatoms. The third-order valence-electron chi connectivity index (χ3n) is 5.54. The first-order valence-electron chi connectivity index (χ1n) is 10.7. The molecule has 33 heavy (non-hydrogen) atoms. The highest BCUT2D eigenvalue weighted by atomic mass is 35.5. The number of nitrogens with zero attached hydrogens (tertiary/aromatic N) is 1. The van der Waals surface area contributed by atoms with E-state index in [9.17, 15) is 24.2 Å². The first kappa shape index (κ1) is 24.7. The zero-order chi connectivity index (χ0) is 24.4. The Bertz CT molecular complexity index is 1250. The van der Waals surface area contributed by atoms with Gasteiger partial charge in [-0.2, -0.15) is 0 Å². The number of aliphatic hydroxyl groups excluding tert-OH is 1. The van der Waals surface area contributed by atoms with Gasteiger partial charge in [0.25, 0.3) is 0 Å². The van der Waals surface area contributed by atoms with Crippen LogP contribution < -0.4 is 10.2 Å². The maximum atomic E-state index is 14.8. The van der Waals surface area contributed by atoms with E-state index in [1.807, 2.05) is 27.7 Å². The fourth-order valence-electron chi connectivity index (χ4n) is 4.01. The van der Waals surface area contributed by atoms with Crippen molar-refractivity contribution in [1.29, 1.82) is 0 Å². The lowest BCUT2D eigenvalue weighted by Gasteiger charge is -2.29. The predicted octanol–water partition coefficient (Wildman–Crippen LogP) is 5.06. The Morgan fingerprint density at radius 1 is 1.18 bits per heavy atom. The molecule has 0 amide bonds. The average molecular weight is 476 g/mol. The van der Waals surface area contributed by atoms with Crippen molar-refractivity contribution in [1.82, 2.24) is 4.57 Å². The Kier molecular flexibility index (Phi) is 7.44. The molecule has 3 aromatic rings. The quantitative estimate of drug-likeness (QED) is 0.475. The van der Waals surface area contributed by atoms with Crippen LogP contribution in [-0.4, -0.2) is 33.5 Å². The Hall–Kier alpha value is -2.90. The first-order chi connectivity index (χ1) is 15.6. The van der Waals surface area contributed by atoms with Crippen LogP contribution in [0.3, 0.4) is 0 Å². The molecular formula is C25H27ClFNO5. The minimum absolute atomic E-state index is 0.0932. The smallest absolute Gasteiger partial charge is 0.341 e. The van der Waals surface area contributed by atoms with Crippen LogP contribution in [-0.2, 0) is 6.42 Å². The third-order valence-corrected chi connectivity index (χ3v) is 5.84. The van der Waals surface area contributed by atoms with Gasteiger partial charge >= 0.3 is 5.97 Å². The van der Waals surface area contributed by atoms with E-state index in [1.54, 1.807) is 22.8 Å². The van der Waals surface area contributed by atoms with Gasteiger partial charge in [0.05, 0.1) is 29.3 Å². The molecule has 0 aliphatic rings. The van der Waals surface area contributed by atoms with Crippen molar-refractivity contribution in [2.75, 3.05) is 6.61 Å². The van der Waals surface area contributed by atoms with E-state index in [0.717, 1.165) is 0 Å². The van der Waals surface area contributed by atoms with Crippen molar-refractivity contribution < 1.29 is 24.1 Å². The SMILES string of the molecule is CC(C)Oc1ccc2c(=O)c(C(=O)O)c(Cc3cccc(Cl)c3F)n(C(CO)C(C)C)c2c1. The molecule has 0 spiro atoms. The molecule has 1 heterocycles. The van der Waals surface area contributed by atoms with Crippen LogP contribution in [0.1, 0.15) is 55.4 Å². The lowest BCUT2D eigenvalue weighted by Crippen LogP contribution is -2.30. The summed E-state index contributed by atoms with van der Waals surface area (Å²) in [5.41, 5.74) is -0.488. The second-order valence-electron chi connectivity index (χ2n) is 8.56. The van der Waals surface area contributed by atoms with E-state index in [2.05, 4.69) is 0 Å². The van der Waals surface area contributed by atoms with E-state index in [0.29, 0.717) is 11.3 Å². The second kappa shape index (κ2) is 9.93. The van der Waals surface area contributed by atoms with Gasteiger partial charge in [0.1, 0.15) is 17.1 Å². The molecule has 0 aliphatic heterocycles. The highest BCUT2D eigenvalue weighted by Crippen LogP contribution is 2.31. The van der Waals surface area contributed by atoms with Gasteiger partial charge in [-0.15, -0.1) is 0 Å². The van der Waals surface area contributed by atoms with Gasteiger partial charge in [-0.25, -0.2) is 9.18 Å². The number of rotatable bonds is 8. The summed E-state index contributed by atoms with van der Waals surface area (Å²) in [6, 6.07) is 8.67. The molecular weight excluding hydrogens is 449 g/mol. The Balaban J connectivity index is 2.46. The lowest BCUT2D eigenvalue weighted by atomic mass is 9.96. The van der Waals surface area contributed by atoms with Gasteiger partial charge in [-0.1, -0.05) is 37.6 Å². The molecule has 1 unspecified atom stereocenters. The monoisotopic (exact) mass is 475 g/mol. The number of hydrogen-bond acceptors (Lipinski definition) is 4. The summed E-state index contributed by atoms with van der Waals surface area (Å²) in [6.45, 7) is 7.17. The molecule has 0 saturated carbocycles. The van der Waals surface area contributed by atoms with Crippen LogP contribution >= 0.6 is 11.6 Å². The van der Waals surface area contributed by atoms with Crippen LogP contribution in [0.2, 0.25) is 5.02 Å². The number of halogens is 2. The van der Waals surface area contributed by atoms with Crippen molar-refractivity contribution in [3.63, 3.8) is 0 Å². The van der Waals surface area contributed by atoms with E-state index < -0.39 is 28.8 Å². The summed E-state index contributed by atoms with van der Waals surface area (Å²) in [5, 5.41) is 20.3. The first-order valence-corrected chi connectivity index (χ1v) is 11.1. The zero-order valence-corrected chi connectivity index (χ0v) is 19.7. The lowest BCUT2D eigenvalue weighted by molar-refractivity contribution is 0.0692. The number of carboxylic acid groups (broad SMARTS) is 1. The number of aliphatic hydroxyl groups is 1. The maximum Gasteiger partial charge on any atom is 0.341 e. The average Bonchev–Trinajstić information content (AvgIpc) is 2.73. The second-order valence-corrected chi connectivity index (χ2v) is 8.96. The van der Waals surface area contributed by atoms with Crippen molar-refractivity contribution in [2.24, 2.45) is 5.92 Å². The third kappa shape index (κ3) is 4.89.